The smallest absolute Gasteiger partial charge is 0.330 e. The molecule has 1 aromatic rings. The maximum atomic E-state index is 12.5. The largest absolute Gasteiger partial charge is 0.368 e. The molecule has 0 aliphatic carbocycles. The van der Waals surface area contributed by atoms with Gasteiger partial charge in [0.25, 0.3) is 0 Å². The Morgan fingerprint density at radius 1 is 1.44 bits per heavy atom. The Kier molecular flexibility index (Phi) is 4.68. The third-order valence-corrected chi connectivity index (χ3v) is 2.87. The zero-order valence-electron chi connectivity index (χ0n) is 9.92. The van der Waals surface area contributed by atoms with Crippen molar-refractivity contribution < 1.29 is 22.3 Å². The number of hydrogen-bond donors (Lipinski definition) is 1. The monoisotopic (exact) mass is 286 g/mol. The maximum absolute atomic E-state index is 12.5. The maximum Gasteiger partial charge on any atom is 0.330 e. The number of aromatic nitrogens is 1. The van der Waals surface area contributed by atoms with Gasteiger partial charge in [-0.3, -0.25) is 0 Å². The van der Waals surface area contributed by atoms with E-state index in [1.807, 2.05) is 0 Å². The minimum atomic E-state index is -4.13. The van der Waals surface area contributed by atoms with Crippen LogP contribution in [0.4, 0.5) is 17.6 Å². The summed E-state index contributed by atoms with van der Waals surface area (Å²) in [7, 11) is 0. The number of alkyl halides is 4. The molecule has 0 unspecified atom stereocenters. The van der Waals surface area contributed by atoms with Crippen LogP contribution in [0.1, 0.15) is 24.5 Å². The van der Waals surface area contributed by atoms with E-state index in [0.29, 0.717) is 10.7 Å². The van der Waals surface area contributed by atoms with Gasteiger partial charge < -0.3 is 10.5 Å². The highest BCUT2D eigenvalue weighted by atomic mass is 32.1. The molecule has 0 spiro atoms. The number of nitrogens with two attached hydrogens (primary N) is 1. The fraction of sp³-hybridized carbons (Fsp3) is 0.700. The Morgan fingerprint density at radius 3 is 2.50 bits per heavy atom. The molecule has 0 aliphatic rings. The van der Waals surface area contributed by atoms with Gasteiger partial charge in [-0.25, -0.2) is 13.8 Å². The van der Waals surface area contributed by atoms with E-state index < -0.39 is 24.5 Å². The summed E-state index contributed by atoms with van der Waals surface area (Å²) >= 11 is 1.19. The number of nitrogens with zero attached hydrogens (tertiary/aromatic N) is 1. The van der Waals surface area contributed by atoms with Gasteiger partial charge in [0.1, 0.15) is 11.6 Å². The van der Waals surface area contributed by atoms with Crippen molar-refractivity contribution in [1.29, 1.82) is 0 Å². The first-order valence-electron chi connectivity index (χ1n) is 5.10. The Bertz CT molecular complexity index is 389. The third-order valence-electron chi connectivity index (χ3n) is 2.05. The molecule has 1 aromatic heterocycles. The molecule has 8 heteroatoms. The Balaban J connectivity index is 2.48. The van der Waals surface area contributed by atoms with Crippen molar-refractivity contribution in [2.45, 2.75) is 38.3 Å². The number of rotatable bonds is 6. The van der Waals surface area contributed by atoms with Crippen molar-refractivity contribution in [2.24, 2.45) is 5.73 Å². The highest BCUT2D eigenvalue weighted by Crippen LogP contribution is 2.24. The number of halogens is 4. The zero-order valence-corrected chi connectivity index (χ0v) is 10.7. The molecule has 0 saturated heterocycles. The van der Waals surface area contributed by atoms with Gasteiger partial charge in [-0.15, -0.1) is 11.3 Å². The lowest BCUT2D eigenvalue weighted by molar-refractivity contribution is -0.168. The molecule has 0 aromatic carbocycles. The quantitative estimate of drug-likeness (QED) is 0.818. The average molecular weight is 286 g/mol. The van der Waals surface area contributed by atoms with E-state index in [4.69, 9.17) is 5.73 Å². The van der Waals surface area contributed by atoms with E-state index in [0.717, 1.165) is 0 Å². The summed E-state index contributed by atoms with van der Waals surface area (Å²) in [4.78, 5) is 4.08. The lowest BCUT2D eigenvalue weighted by Gasteiger charge is -2.15. The van der Waals surface area contributed by atoms with Crippen molar-refractivity contribution in [3.8, 4) is 0 Å². The average Bonchev–Trinajstić information content (AvgIpc) is 2.65. The van der Waals surface area contributed by atoms with Crippen LogP contribution in [-0.4, -0.2) is 23.9 Å². The van der Waals surface area contributed by atoms with E-state index in [-0.39, 0.29) is 6.61 Å². The normalized spacial score (nSPS) is 13.3. The van der Waals surface area contributed by atoms with Gasteiger partial charge in [-0.1, -0.05) is 0 Å². The van der Waals surface area contributed by atoms with Crippen LogP contribution >= 0.6 is 11.3 Å². The van der Waals surface area contributed by atoms with Gasteiger partial charge in [-0.2, -0.15) is 8.78 Å². The lowest BCUT2D eigenvalue weighted by Crippen LogP contribution is -2.32. The molecule has 1 heterocycles. The van der Waals surface area contributed by atoms with Gasteiger partial charge >= 0.3 is 12.3 Å². The van der Waals surface area contributed by atoms with Crippen molar-refractivity contribution in [3.05, 3.63) is 16.1 Å². The molecule has 0 bridgehead atoms. The second-order valence-corrected chi connectivity index (χ2v) is 5.35. The molecular formula is C10H14F4N2OS. The molecule has 0 fully saturated rings. The first-order chi connectivity index (χ1) is 8.13. The van der Waals surface area contributed by atoms with Crippen LogP contribution in [-0.2, 0) is 16.9 Å². The van der Waals surface area contributed by atoms with Crippen molar-refractivity contribution in [2.75, 3.05) is 6.61 Å². The summed E-state index contributed by atoms with van der Waals surface area (Å²) in [5, 5.41) is 2.11. The summed E-state index contributed by atoms with van der Waals surface area (Å²) in [6.07, 6.45) is -3.73. The van der Waals surface area contributed by atoms with Crippen molar-refractivity contribution in [1.82, 2.24) is 4.98 Å². The Hall–Kier alpha value is -0.730. The minimum absolute atomic E-state index is 0.233. The number of ether oxygens (including phenoxy) is 1. The van der Waals surface area contributed by atoms with E-state index in [9.17, 15) is 17.6 Å². The summed E-state index contributed by atoms with van der Waals surface area (Å²) < 4.78 is 53.3. The second kappa shape index (κ2) is 5.50. The van der Waals surface area contributed by atoms with Crippen LogP contribution in [0.3, 0.4) is 0 Å². The summed E-state index contributed by atoms with van der Waals surface area (Å²) in [6, 6.07) is 0. The first kappa shape index (κ1) is 15.3. The molecular weight excluding hydrogens is 272 g/mol. The number of thiazole rings is 1. The molecule has 18 heavy (non-hydrogen) atoms. The Labute approximate surface area is 106 Å². The highest BCUT2D eigenvalue weighted by molar-refractivity contribution is 7.09. The predicted molar refractivity (Wildman–Crippen MR) is 59.9 cm³/mol. The third kappa shape index (κ3) is 4.18. The molecule has 0 radical (unpaired) electrons. The molecule has 0 atom stereocenters. The predicted octanol–water partition coefficient (Wildman–Crippen LogP) is 2.75. The fourth-order valence-electron chi connectivity index (χ4n) is 1.01. The van der Waals surface area contributed by atoms with E-state index in [2.05, 4.69) is 9.72 Å². The summed E-state index contributed by atoms with van der Waals surface area (Å²) in [5.74, 6) is -4.13. The van der Waals surface area contributed by atoms with Gasteiger partial charge in [0, 0.05) is 5.38 Å². The van der Waals surface area contributed by atoms with Crippen LogP contribution in [0.15, 0.2) is 5.38 Å². The highest BCUT2D eigenvalue weighted by Gasteiger charge is 2.41. The van der Waals surface area contributed by atoms with Crippen LogP contribution in [0.5, 0.6) is 0 Å². The van der Waals surface area contributed by atoms with Crippen LogP contribution in [0.2, 0.25) is 0 Å². The minimum Gasteiger partial charge on any atom is -0.368 e. The molecule has 2 N–H and O–H groups in total. The standard InChI is InChI=1S/C10H14F4N2OS/c1-9(2,15)6-4-18-7(16-6)3-17-5-10(13,14)8(11)12/h4,8H,3,5,15H2,1-2H3. The van der Waals surface area contributed by atoms with Gasteiger partial charge in [0.2, 0.25) is 0 Å². The SMILES string of the molecule is CC(C)(N)c1csc(COCC(F)(F)C(F)F)n1. The van der Waals surface area contributed by atoms with Gasteiger partial charge in [0.05, 0.1) is 17.8 Å². The zero-order chi connectivity index (χ0) is 14.0. The topological polar surface area (TPSA) is 48.1 Å². The van der Waals surface area contributed by atoms with Crippen molar-refractivity contribution >= 4 is 11.3 Å². The van der Waals surface area contributed by atoms with Crippen LogP contribution in [0, 0.1) is 0 Å². The molecule has 0 amide bonds. The van der Waals surface area contributed by atoms with Crippen LogP contribution < -0.4 is 5.73 Å². The van der Waals surface area contributed by atoms with Crippen LogP contribution in [0.25, 0.3) is 0 Å². The lowest BCUT2D eigenvalue weighted by atomic mass is 10.0. The molecule has 0 saturated carbocycles. The molecule has 3 nitrogen and oxygen atoms in total. The molecule has 104 valence electrons. The first-order valence-corrected chi connectivity index (χ1v) is 5.98. The van der Waals surface area contributed by atoms with Crippen molar-refractivity contribution in [3.63, 3.8) is 0 Å². The fourth-order valence-corrected chi connectivity index (χ4v) is 1.92. The summed E-state index contributed by atoms with van der Waals surface area (Å²) in [5.41, 5.74) is 5.76. The summed E-state index contributed by atoms with van der Waals surface area (Å²) in [6.45, 7) is 1.93. The molecule has 0 aliphatic heterocycles. The Morgan fingerprint density at radius 2 is 2.06 bits per heavy atom. The van der Waals surface area contributed by atoms with E-state index in [1.165, 1.54) is 11.3 Å². The van der Waals surface area contributed by atoms with Gasteiger partial charge in [-0.05, 0) is 13.8 Å². The van der Waals surface area contributed by atoms with E-state index >= 15 is 0 Å². The van der Waals surface area contributed by atoms with Gasteiger partial charge in [0.15, 0.2) is 0 Å². The molecule has 1 rings (SSSR count). The second-order valence-electron chi connectivity index (χ2n) is 4.40. The van der Waals surface area contributed by atoms with E-state index in [1.54, 1.807) is 19.2 Å². The number of hydrogen-bond acceptors (Lipinski definition) is 4.